The zero-order valence-electron chi connectivity index (χ0n) is 18.8. The number of carbonyl (C=O) groups is 1. The molecule has 7 nitrogen and oxygen atoms in total. The van der Waals surface area contributed by atoms with E-state index in [0.29, 0.717) is 38.4 Å². The highest BCUT2D eigenvalue weighted by molar-refractivity contribution is 5.94. The number of anilines is 2. The summed E-state index contributed by atoms with van der Waals surface area (Å²) in [6, 6.07) is 5.34. The Hall–Kier alpha value is -3.14. The molecule has 0 bridgehead atoms. The first-order valence-electron chi connectivity index (χ1n) is 10.8. The molecule has 176 valence electrons. The van der Waals surface area contributed by atoms with E-state index in [-0.39, 0.29) is 18.0 Å². The van der Waals surface area contributed by atoms with Crippen LogP contribution in [0.25, 0.3) is 5.65 Å². The molecule has 4 rings (SSSR count). The van der Waals surface area contributed by atoms with Gasteiger partial charge < -0.3 is 15.0 Å². The van der Waals surface area contributed by atoms with Crippen LogP contribution in [0.3, 0.4) is 0 Å². The van der Waals surface area contributed by atoms with E-state index >= 15 is 0 Å². The molecule has 0 radical (unpaired) electrons. The Morgan fingerprint density at radius 2 is 1.88 bits per heavy atom. The van der Waals surface area contributed by atoms with E-state index < -0.39 is 11.7 Å². The number of carbonyl (C=O) groups excluding carboxylic acids is 1. The lowest BCUT2D eigenvalue weighted by atomic mass is 10.1. The van der Waals surface area contributed by atoms with E-state index in [4.69, 9.17) is 4.74 Å². The number of alkyl halides is 3. The molecule has 3 aromatic rings. The van der Waals surface area contributed by atoms with Gasteiger partial charge in [-0.1, -0.05) is 0 Å². The topological polar surface area (TPSA) is 71.8 Å². The number of nitrogens with zero attached hydrogens (tertiary/aromatic N) is 4. The number of hydrogen-bond donors (Lipinski definition) is 1. The molecule has 0 unspecified atom stereocenters. The van der Waals surface area contributed by atoms with Gasteiger partial charge in [0.25, 0.3) is 0 Å². The van der Waals surface area contributed by atoms with Crippen LogP contribution in [-0.2, 0) is 22.1 Å². The van der Waals surface area contributed by atoms with Crippen molar-refractivity contribution in [2.75, 3.05) is 36.5 Å². The number of aryl methyl sites for hydroxylation is 3. The van der Waals surface area contributed by atoms with Gasteiger partial charge in [-0.15, -0.1) is 0 Å². The lowest BCUT2D eigenvalue weighted by molar-refractivity contribution is -0.137. The van der Waals surface area contributed by atoms with E-state index in [2.05, 4.69) is 15.4 Å². The quantitative estimate of drug-likeness (QED) is 0.620. The molecule has 1 fully saturated rings. The van der Waals surface area contributed by atoms with Crippen LogP contribution in [0.15, 0.2) is 24.3 Å². The van der Waals surface area contributed by atoms with Gasteiger partial charge in [-0.3, -0.25) is 4.79 Å². The van der Waals surface area contributed by atoms with Crippen LogP contribution < -0.4 is 10.2 Å². The zero-order chi connectivity index (χ0) is 23.8. The average Bonchev–Trinajstić information content (AvgIpc) is 3.13. The summed E-state index contributed by atoms with van der Waals surface area (Å²) in [4.78, 5) is 19.3. The van der Waals surface area contributed by atoms with Crippen LogP contribution in [0, 0.1) is 20.8 Å². The van der Waals surface area contributed by atoms with Crippen LogP contribution in [0.5, 0.6) is 0 Å². The smallest absolute Gasteiger partial charge is 0.378 e. The molecule has 1 saturated heterocycles. The molecule has 1 amide bonds. The molecule has 1 aliphatic heterocycles. The fourth-order valence-corrected chi connectivity index (χ4v) is 4.15. The molecule has 2 aromatic heterocycles. The van der Waals surface area contributed by atoms with Crippen LogP contribution in [0.4, 0.5) is 24.5 Å². The second-order valence-electron chi connectivity index (χ2n) is 8.19. The molecule has 1 aliphatic rings. The third-order valence-corrected chi connectivity index (χ3v) is 5.84. The number of aromatic nitrogens is 3. The van der Waals surface area contributed by atoms with Crippen molar-refractivity contribution in [3.8, 4) is 0 Å². The molecule has 1 N–H and O–H groups in total. The minimum Gasteiger partial charge on any atom is -0.378 e. The summed E-state index contributed by atoms with van der Waals surface area (Å²) in [7, 11) is 0. The summed E-state index contributed by atoms with van der Waals surface area (Å²) >= 11 is 0. The summed E-state index contributed by atoms with van der Waals surface area (Å²) in [5, 5.41) is 7.14. The van der Waals surface area contributed by atoms with Crippen LogP contribution in [0.1, 0.15) is 34.6 Å². The van der Waals surface area contributed by atoms with Crippen molar-refractivity contribution in [2.24, 2.45) is 0 Å². The van der Waals surface area contributed by atoms with Crippen molar-refractivity contribution in [3.63, 3.8) is 0 Å². The molecular formula is C23H26F3N5O2. The zero-order valence-corrected chi connectivity index (χ0v) is 18.8. The van der Waals surface area contributed by atoms with Gasteiger partial charge in [0.2, 0.25) is 5.91 Å². The van der Waals surface area contributed by atoms with Gasteiger partial charge in [0.1, 0.15) is 0 Å². The van der Waals surface area contributed by atoms with Crippen molar-refractivity contribution in [2.45, 2.75) is 39.8 Å². The molecule has 10 heteroatoms. The molecule has 0 spiro atoms. The number of nitrogens with one attached hydrogen (secondary N) is 1. The number of morpholine rings is 1. The maximum Gasteiger partial charge on any atom is 0.416 e. The minimum absolute atomic E-state index is 0.105. The van der Waals surface area contributed by atoms with Crippen molar-refractivity contribution < 1.29 is 22.7 Å². The lowest BCUT2D eigenvalue weighted by Gasteiger charge is -2.31. The molecule has 33 heavy (non-hydrogen) atoms. The van der Waals surface area contributed by atoms with Gasteiger partial charge in [-0.25, -0.2) is 9.50 Å². The molecule has 3 heterocycles. The maximum atomic E-state index is 13.3. The van der Waals surface area contributed by atoms with Gasteiger partial charge in [0, 0.05) is 37.0 Å². The highest BCUT2D eigenvalue weighted by Crippen LogP contribution is 2.36. The standard InChI is InChI=1S/C23H26F3N5O2/c1-14-12-21-27-15(2)18(16(3)31(21)29-14)5-7-22(32)28-19-13-17(23(24,25)26)4-6-20(19)30-8-10-33-11-9-30/h4,6,12-13H,5,7-11H2,1-3H3,(H,28,32). The Morgan fingerprint density at radius 1 is 1.15 bits per heavy atom. The maximum absolute atomic E-state index is 13.3. The molecule has 1 aromatic carbocycles. The Bertz CT molecular complexity index is 1180. The van der Waals surface area contributed by atoms with E-state index in [1.54, 1.807) is 4.52 Å². The first-order valence-corrected chi connectivity index (χ1v) is 10.8. The molecule has 0 saturated carbocycles. The third-order valence-electron chi connectivity index (χ3n) is 5.84. The number of amides is 1. The second kappa shape index (κ2) is 9.01. The fourth-order valence-electron chi connectivity index (χ4n) is 4.15. The number of ether oxygens (including phenoxy) is 1. The van der Waals surface area contributed by atoms with E-state index in [1.165, 1.54) is 6.07 Å². The SMILES string of the molecule is Cc1cc2nc(C)c(CCC(=O)Nc3cc(C(F)(F)F)ccc3N3CCOCC3)c(C)n2n1. The third kappa shape index (κ3) is 4.95. The van der Waals surface area contributed by atoms with Gasteiger partial charge in [-0.2, -0.15) is 18.3 Å². The van der Waals surface area contributed by atoms with Crippen LogP contribution >= 0.6 is 0 Å². The summed E-state index contributed by atoms with van der Waals surface area (Å²) < 4.78 is 47.0. The van der Waals surface area contributed by atoms with E-state index in [1.807, 2.05) is 31.7 Å². The second-order valence-corrected chi connectivity index (χ2v) is 8.19. The van der Waals surface area contributed by atoms with Crippen molar-refractivity contribution in [3.05, 3.63) is 52.5 Å². The minimum atomic E-state index is -4.50. The molecule has 0 atom stereocenters. The fraction of sp³-hybridized carbons (Fsp3) is 0.435. The lowest BCUT2D eigenvalue weighted by Crippen LogP contribution is -2.36. The predicted molar refractivity (Wildman–Crippen MR) is 119 cm³/mol. The van der Waals surface area contributed by atoms with Gasteiger partial charge in [-0.05, 0) is 51.0 Å². The Balaban J connectivity index is 1.55. The van der Waals surface area contributed by atoms with E-state index in [0.717, 1.165) is 40.4 Å². The van der Waals surface area contributed by atoms with Crippen LogP contribution in [-0.4, -0.2) is 46.8 Å². The normalized spacial score (nSPS) is 14.7. The average molecular weight is 461 g/mol. The first-order chi connectivity index (χ1) is 15.6. The molecular weight excluding hydrogens is 435 g/mol. The largest absolute Gasteiger partial charge is 0.416 e. The summed E-state index contributed by atoms with van der Waals surface area (Å²) in [6.07, 6.45) is -3.99. The predicted octanol–water partition coefficient (Wildman–Crippen LogP) is 4.08. The number of rotatable bonds is 5. The summed E-state index contributed by atoms with van der Waals surface area (Å²) in [5.41, 5.74) is 4.11. The highest BCUT2D eigenvalue weighted by Gasteiger charge is 2.32. The number of hydrogen-bond acceptors (Lipinski definition) is 5. The Kier molecular flexibility index (Phi) is 6.29. The molecule has 0 aliphatic carbocycles. The van der Waals surface area contributed by atoms with E-state index in [9.17, 15) is 18.0 Å². The summed E-state index contributed by atoms with van der Waals surface area (Å²) in [6.45, 7) is 7.74. The monoisotopic (exact) mass is 461 g/mol. The van der Waals surface area contributed by atoms with Gasteiger partial charge in [0.05, 0.1) is 35.8 Å². The van der Waals surface area contributed by atoms with Gasteiger partial charge in [0.15, 0.2) is 5.65 Å². The Labute approximate surface area is 189 Å². The number of benzene rings is 1. The highest BCUT2D eigenvalue weighted by atomic mass is 19.4. The van der Waals surface area contributed by atoms with Crippen molar-refractivity contribution >= 4 is 22.9 Å². The van der Waals surface area contributed by atoms with Crippen molar-refractivity contribution in [1.29, 1.82) is 0 Å². The first kappa shape index (κ1) is 23.0. The van der Waals surface area contributed by atoms with Gasteiger partial charge >= 0.3 is 6.18 Å². The van der Waals surface area contributed by atoms with Crippen molar-refractivity contribution in [1.82, 2.24) is 14.6 Å². The number of fused-ring (bicyclic) bond motifs is 1. The Morgan fingerprint density at radius 3 is 2.58 bits per heavy atom. The number of halogens is 3. The van der Waals surface area contributed by atoms with Crippen LogP contribution in [0.2, 0.25) is 0 Å². The summed E-state index contributed by atoms with van der Waals surface area (Å²) in [5.74, 6) is -0.362.